The van der Waals surface area contributed by atoms with Gasteiger partial charge in [0.05, 0.1) is 4.58 Å². The molecule has 0 aromatic carbocycles. The van der Waals surface area contributed by atoms with Gasteiger partial charge in [0.1, 0.15) is 0 Å². The Labute approximate surface area is 160 Å². The van der Waals surface area contributed by atoms with Gasteiger partial charge in [0.2, 0.25) is 0 Å². The fourth-order valence-corrected chi connectivity index (χ4v) is 6.98. The largest absolute Gasteiger partial charge is 0.244 e. The first-order valence-corrected chi connectivity index (χ1v) is 12.1. The van der Waals surface area contributed by atoms with E-state index >= 15 is 0 Å². The van der Waals surface area contributed by atoms with Gasteiger partial charge < -0.3 is 0 Å². The van der Waals surface area contributed by atoms with Crippen molar-refractivity contribution in [1.29, 1.82) is 0 Å². The zero-order chi connectivity index (χ0) is 17.5. The highest BCUT2D eigenvalue weighted by molar-refractivity contribution is 8.14. The Bertz CT molecular complexity index is 305. The van der Waals surface area contributed by atoms with Crippen molar-refractivity contribution in [2.75, 3.05) is 0 Å². The third-order valence-electron chi connectivity index (χ3n) is 5.43. The summed E-state index contributed by atoms with van der Waals surface area (Å²) in [5, 5.41) is 0. The van der Waals surface area contributed by atoms with E-state index in [-0.39, 0.29) is 0 Å². The lowest BCUT2D eigenvalue weighted by Crippen LogP contribution is -2.40. The SMILES string of the molecule is CC(SN(C(C)C)C1CCCCC1)SN(C(C)C)C1CCCCC1. The maximum Gasteiger partial charge on any atom is 0.0768 e. The fourth-order valence-electron chi connectivity index (χ4n) is 4.29. The van der Waals surface area contributed by atoms with Crippen LogP contribution in [-0.2, 0) is 0 Å². The lowest BCUT2D eigenvalue weighted by molar-refractivity contribution is 0.235. The van der Waals surface area contributed by atoms with Gasteiger partial charge in [0.25, 0.3) is 0 Å². The molecule has 2 aliphatic rings. The molecule has 2 aliphatic carbocycles. The van der Waals surface area contributed by atoms with Crippen LogP contribution in [0.4, 0.5) is 0 Å². The van der Waals surface area contributed by atoms with Gasteiger partial charge in [0.15, 0.2) is 0 Å². The van der Waals surface area contributed by atoms with Crippen molar-refractivity contribution < 1.29 is 0 Å². The summed E-state index contributed by atoms with van der Waals surface area (Å²) in [5.74, 6) is 0. The van der Waals surface area contributed by atoms with Gasteiger partial charge in [-0.3, -0.25) is 0 Å². The topological polar surface area (TPSA) is 6.48 Å². The molecule has 0 spiro atoms. The molecule has 0 radical (unpaired) electrons. The monoisotopic (exact) mass is 372 g/mol. The molecule has 24 heavy (non-hydrogen) atoms. The van der Waals surface area contributed by atoms with Gasteiger partial charge in [-0.2, -0.15) is 0 Å². The van der Waals surface area contributed by atoms with Gasteiger partial charge >= 0.3 is 0 Å². The van der Waals surface area contributed by atoms with Crippen LogP contribution in [0, 0.1) is 0 Å². The van der Waals surface area contributed by atoms with E-state index in [1.807, 2.05) is 0 Å². The second-order valence-electron chi connectivity index (χ2n) is 8.27. The fraction of sp³-hybridized carbons (Fsp3) is 1.00. The first-order valence-electron chi connectivity index (χ1n) is 10.4. The maximum absolute atomic E-state index is 2.73. The number of hydrogen-bond acceptors (Lipinski definition) is 4. The second-order valence-corrected chi connectivity index (χ2v) is 11.2. The molecule has 2 fully saturated rings. The highest BCUT2D eigenvalue weighted by Gasteiger charge is 2.29. The Morgan fingerprint density at radius 1 is 0.583 bits per heavy atom. The standard InChI is InChI=1S/C20H40N2S2/c1-16(2)21(19-12-8-6-9-13-19)23-18(5)24-22(17(3)4)20-14-10-7-11-15-20/h16-20H,6-15H2,1-5H3. The van der Waals surface area contributed by atoms with E-state index in [2.05, 4.69) is 67.1 Å². The Morgan fingerprint density at radius 2 is 0.917 bits per heavy atom. The summed E-state index contributed by atoms with van der Waals surface area (Å²) in [6.07, 6.45) is 14.2. The van der Waals surface area contributed by atoms with Crippen molar-refractivity contribution in [2.45, 2.75) is 128 Å². The van der Waals surface area contributed by atoms with Crippen molar-refractivity contribution in [3.05, 3.63) is 0 Å². The Kier molecular flexibility index (Phi) is 9.32. The summed E-state index contributed by atoms with van der Waals surface area (Å²) in [6.45, 7) is 11.9. The zero-order valence-corrected chi connectivity index (χ0v) is 18.3. The molecule has 0 saturated heterocycles. The van der Waals surface area contributed by atoms with Crippen molar-refractivity contribution >= 4 is 23.9 Å². The quantitative estimate of drug-likeness (QED) is 0.344. The molecule has 0 aromatic heterocycles. The lowest BCUT2D eigenvalue weighted by atomic mass is 9.95. The summed E-state index contributed by atoms with van der Waals surface area (Å²) in [6, 6.07) is 2.88. The summed E-state index contributed by atoms with van der Waals surface area (Å²) >= 11 is 4.25. The van der Waals surface area contributed by atoms with E-state index in [1.54, 1.807) is 0 Å². The van der Waals surface area contributed by atoms with Crippen molar-refractivity contribution in [3.8, 4) is 0 Å². The molecule has 0 aromatic rings. The van der Waals surface area contributed by atoms with Crippen molar-refractivity contribution in [2.24, 2.45) is 0 Å². The third kappa shape index (κ3) is 6.41. The molecule has 142 valence electrons. The van der Waals surface area contributed by atoms with Gasteiger partial charge in [-0.05, 0) is 60.3 Å². The molecule has 0 unspecified atom stereocenters. The average Bonchev–Trinajstić information content (AvgIpc) is 2.58. The first kappa shape index (κ1) is 20.9. The molecule has 2 rings (SSSR count). The van der Waals surface area contributed by atoms with Crippen LogP contribution in [0.25, 0.3) is 0 Å². The lowest BCUT2D eigenvalue weighted by Gasteiger charge is -2.40. The van der Waals surface area contributed by atoms with E-state index in [1.165, 1.54) is 64.2 Å². The van der Waals surface area contributed by atoms with Crippen LogP contribution < -0.4 is 0 Å². The molecule has 0 heterocycles. The van der Waals surface area contributed by atoms with Crippen LogP contribution in [0.15, 0.2) is 0 Å². The van der Waals surface area contributed by atoms with Crippen LogP contribution in [0.3, 0.4) is 0 Å². The van der Waals surface area contributed by atoms with Crippen LogP contribution in [0.1, 0.15) is 98.8 Å². The van der Waals surface area contributed by atoms with Gasteiger partial charge in [-0.15, -0.1) is 0 Å². The minimum Gasteiger partial charge on any atom is -0.244 e. The van der Waals surface area contributed by atoms with Crippen LogP contribution in [-0.4, -0.2) is 37.4 Å². The molecule has 0 aliphatic heterocycles. The Morgan fingerprint density at radius 3 is 1.21 bits per heavy atom. The first-order chi connectivity index (χ1) is 11.5. The molecular formula is C20H40N2S2. The Hall–Kier alpha value is 0.620. The third-order valence-corrected chi connectivity index (χ3v) is 8.46. The molecule has 2 saturated carbocycles. The van der Waals surface area contributed by atoms with Gasteiger partial charge in [0, 0.05) is 24.2 Å². The molecule has 0 N–H and O–H groups in total. The smallest absolute Gasteiger partial charge is 0.0768 e. The summed E-state index contributed by atoms with van der Waals surface area (Å²) in [4.78, 5) is 0. The predicted octanol–water partition coefficient (Wildman–Crippen LogP) is 6.72. The summed E-state index contributed by atoms with van der Waals surface area (Å²) < 4.78 is 6.07. The minimum absolute atomic E-state index is 0.610. The van der Waals surface area contributed by atoms with Crippen LogP contribution in [0.5, 0.6) is 0 Å². The zero-order valence-electron chi connectivity index (χ0n) is 16.7. The van der Waals surface area contributed by atoms with Crippen LogP contribution >= 0.6 is 23.9 Å². The van der Waals surface area contributed by atoms with E-state index in [9.17, 15) is 0 Å². The van der Waals surface area contributed by atoms with Crippen molar-refractivity contribution in [3.63, 3.8) is 0 Å². The van der Waals surface area contributed by atoms with E-state index in [0.717, 1.165) is 12.1 Å². The highest BCUT2D eigenvalue weighted by atomic mass is 32.2. The van der Waals surface area contributed by atoms with E-state index < -0.39 is 0 Å². The summed E-state index contributed by atoms with van der Waals surface area (Å²) in [7, 11) is 0. The summed E-state index contributed by atoms with van der Waals surface area (Å²) in [5.41, 5.74) is 0. The second kappa shape index (κ2) is 10.7. The van der Waals surface area contributed by atoms with E-state index in [0.29, 0.717) is 16.7 Å². The Balaban J connectivity index is 1.90. The number of rotatable bonds is 8. The predicted molar refractivity (Wildman–Crippen MR) is 112 cm³/mol. The molecule has 0 amide bonds. The molecule has 4 heteroatoms. The molecular weight excluding hydrogens is 332 g/mol. The number of nitrogens with zero attached hydrogens (tertiary/aromatic N) is 2. The minimum atomic E-state index is 0.610. The van der Waals surface area contributed by atoms with E-state index in [4.69, 9.17) is 0 Å². The van der Waals surface area contributed by atoms with Gasteiger partial charge in [-0.25, -0.2) is 8.61 Å². The molecule has 2 nitrogen and oxygen atoms in total. The maximum atomic E-state index is 2.73. The number of hydrogen-bond donors (Lipinski definition) is 0. The van der Waals surface area contributed by atoms with Crippen LogP contribution in [0.2, 0.25) is 0 Å². The van der Waals surface area contributed by atoms with Crippen molar-refractivity contribution in [1.82, 2.24) is 8.61 Å². The normalized spacial score (nSPS) is 21.8. The van der Waals surface area contributed by atoms with Gasteiger partial charge in [-0.1, -0.05) is 62.4 Å². The molecule has 0 atom stereocenters. The highest BCUT2D eigenvalue weighted by Crippen LogP contribution is 2.39. The molecule has 0 bridgehead atoms. The average molecular weight is 373 g/mol.